The summed E-state index contributed by atoms with van der Waals surface area (Å²) in [6, 6.07) is 0. The van der Waals surface area contributed by atoms with E-state index in [0.717, 1.165) is 25.7 Å². The molecule has 5 rings (SSSR count). The predicted molar refractivity (Wildman–Crippen MR) is 189 cm³/mol. The summed E-state index contributed by atoms with van der Waals surface area (Å²) in [4.78, 5) is 0. The summed E-state index contributed by atoms with van der Waals surface area (Å²) in [5.41, 5.74) is -1.71. The molecule has 2 spiro atoms. The topological polar surface area (TPSA) is 129 Å². The average Bonchev–Trinajstić information content (AvgIpc) is 3.52. The SMILES string of the molecule is CC1(C)CC2CC(C)(C)OP23(OCCOCCOCCOCCOP24(OCCOCCOCCOCCO3)OC(C)(C)CC2CC(C)(C)O4)O1. The van der Waals surface area contributed by atoms with Crippen molar-refractivity contribution in [2.24, 2.45) is 0 Å². The van der Waals surface area contributed by atoms with E-state index in [9.17, 15) is 0 Å². The Morgan fingerprint density at radius 2 is 0.480 bits per heavy atom. The molecular weight excluding hydrogens is 694 g/mol. The van der Waals surface area contributed by atoms with Crippen LogP contribution in [0.1, 0.15) is 81.1 Å². The Kier molecular flexibility index (Phi) is 13.4. The van der Waals surface area contributed by atoms with Crippen LogP contribution in [0.15, 0.2) is 0 Å². The molecule has 0 aromatic heterocycles. The second kappa shape index (κ2) is 16.2. The zero-order valence-electron chi connectivity index (χ0n) is 31.9. The van der Waals surface area contributed by atoms with E-state index in [2.05, 4.69) is 55.4 Å². The van der Waals surface area contributed by atoms with Crippen LogP contribution in [0.3, 0.4) is 0 Å². The first kappa shape index (κ1) is 41.5. The summed E-state index contributed by atoms with van der Waals surface area (Å²) in [5, 5.41) is 0. The molecule has 5 saturated heterocycles. The van der Waals surface area contributed by atoms with E-state index in [4.69, 9.17) is 64.6 Å². The van der Waals surface area contributed by atoms with Crippen LogP contribution in [0.5, 0.6) is 0 Å². The molecule has 5 aliphatic heterocycles. The third-order valence-electron chi connectivity index (χ3n) is 9.44. The molecule has 0 saturated carbocycles. The minimum atomic E-state index is -3.93. The van der Waals surface area contributed by atoms with Crippen molar-refractivity contribution in [3.63, 3.8) is 0 Å². The van der Waals surface area contributed by atoms with Gasteiger partial charge >= 0.3 is 300 Å². The maximum absolute atomic E-state index is 6.69. The fourth-order valence-corrected chi connectivity index (χ4v) is 18.6. The van der Waals surface area contributed by atoms with E-state index in [0.29, 0.717) is 79.3 Å². The Bertz CT molecular complexity index is 944. The van der Waals surface area contributed by atoms with Gasteiger partial charge in [-0.25, -0.2) is 0 Å². The van der Waals surface area contributed by atoms with E-state index >= 15 is 0 Å². The Morgan fingerprint density at radius 3 is 0.680 bits per heavy atom. The molecule has 5 fully saturated rings. The van der Waals surface area contributed by atoms with Crippen LogP contribution in [-0.2, 0) is 64.6 Å². The van der Waals surface area contributed by atoms with Crippen molar-refractivity contribution in [2.75, 3.05) is 106 Å². The molecule has 16 heteroatoms. The fraction of sp³-hybridized carbons (Fsp3) is 1.00. The average molecular weight is 761 g/mol. The molecule has 0 unspecified atom stereocenters. The zero-order chi connectivity index (χ0) is 36.1. The minimum absolute atomic E-state index is 0.0117. The van der Waals surface area contributed by atoms with Gasteiger partial charge in [0.1, 0.15) is 0 Å². The number of hydrogen-bond donors (Lipinski definition) is 0. The van der Waals surface area contributed by atoms with Crippen LogP contribution in [-0.4, -0.2) is 139 Å². The summed E-state index contributed by atoms with van der Waals surface area (Å²) in [7, 11) is -7.87. The van der Waals surface area contributed by atoms with Gasteiger partial charge in [-0.1, -0.05) is 0 Å². The Balaban J connectivity index is 1.14. The van der Waals surface area contributed by atoms with Gasteiger partial charge < -0.3 is 0 Å². The molecular formula is C34H66O14P2. The molecule has 0 radical (unpaired) electrons. The Labute approximate surface area is 299 Å². The molecule has 0 aliphatic carbocycles. The summed E-state index contributed by atoms with van der Waals surface area (Å²) >= 11 is 0. The molecule has 0 N–H and O–H groups in total. The van der Waals surface area contributed by atoms with Crippen molar-refractivity contribution in [1.82, 2.24) is 0 Å². The normalized spacial score (nSPS) is 36.8. The summed E-state index contributed by atoms with van der Waals surface area (Å²) < 4.78 is 88.0. The van der Waals surface area contributed by atoms with E-state index in [-0.39, 0.29) is 37.7 Å². The van der Waals surface area contributed by atoms with Gasteiger partial charge in [-0.2, -0.15) is 0 Å². The fourth-order valence-electron chi connectivity index (χ4n) is 8.11. The zero-order valence-corrected chi connectivity index (χ0v) is 33.7. The number of rotatable bonds is 0. The first-order valence-electron chi connectivity index (χ1n) is 18.5. The summed E-state index contributed by atoms with van der Waals surface area (Å²) in [5.74, 6) is 0. The van der Waals surface area contributed by atoms with Gasteiger partial charge in [-0.3, -0.25) is 0 Å². The van der Waals surface area contributed by atoms with Crippen LogP contribution >= 0.6 is 15.0 Å². The van der Waals surface area contributed by atoms with E-state index < -0.39 is 37.4 Å². The van der Waals surface area contributed by atoms with Crippen LogP contribution in [0, 0.1) is 0 Å². The van der Waals surface area contributed by atoms with Crippen molar-refractivity contribution in [1.29, 1.82) is 0 Å². The predicted octanol–water partition coefficient (Wildman–Crippen LogP) is 6.13. The van der Waals surface area contributed by atoms with Gasteiger partial charge in [-0.15, -0.1) is 0 Å². The van der Waals surface area contributed by atoms with Crippen LogP contribution in [0.4, 0.5) is 0 Å². The van der Waals surface area contributed by atoms with Gasteiger partial charge in [0, 0.05) is 0 Å². The standard InChI is InChI=1S/C34H66O14P2/c1-31(2)25-29-26-32(3,4)46-49(29,45-31)41-21-17-37-13-9-35-11-15-39-19-23-43-50(30(27-33(5,6)47-50)28-34(7,8)48-50)44-24-20-40-16-12-36-10-14-38-18-22-42-49/h29-30H,9-28H2,1-8H3. The second-order valence-corrected chi connectivity index (χ2v) is 23.0. The molecule has 14 nitrogen and oxygen atoms in total. The summed E-state index contributed by atoms with van der Waals surface area (Å²) in [6.45, 7) is 22.4. The maximum atomic E-state index is 6.69. The van der Waals surface area contributed by atoms with Crippen molar-refractivity contribution in [3.05, 3.63) is 0 Å². The summed E-state index contributed by atoms with van der Waals surface area (Å²) in [6.07, 6.45) is 3.17. The molecule has 0 atom stereocenters. The first-order chi connectivity index (χ1) is 23.5. The van der Waals surface area contributed by atoms with Crippen molar-refractivity contribution < 1.29 is 64.6 Å². The van der Waals surface area contributed by atoms with Gasteiger partial charge in [0.2, 0.25) is 0 Å². The van der Waals surface area contributed by atoms with Gasteiger partial charge in [0.05, 0.1) is 0 Å². The van der Waals surface area contributed by atoms with E-state index in [1.807, 2.05) is 0 Å². The number of ether oxygens (including phenoxy) is 6. The van der Waals surface area contributed by atoms with Gasteiger partial charge in [0.25, 0.3) is 0 Å². The van der Waals surface area contributed by atoms with Crippen LogP contribution < -0.4 is 0 Å². The first-order valence-corrected chi connectivity index (χ1v) is 22.4. The molecule has 5 aliphatic rings. The van der Waals surface area contributed by atoms with Crippen molar-refractivity contribution >= 4 is 15.0 Å². The molecule has 0 aromatic rings. The van der Waals surface area contributed by atoms with Gasteiger partial charge in [-0.05, 0) is 0 Å². The number of hydrogen-bond acceptors (Lipinski definition) is 14. The quantitative estimate of drug-likeness (QED) is 0.263. The third-order valence-corrected chi connectivity index (χ3v) is 18.4. The van der Waals surface area contributed by atoms with Crippen molar-refractivity contribution in [2.45, 2.75) is 115 Å². The Hall–Kier alpha value is 0.300. The second-order valence-electron chi connectivity index (χ2n) is 16.3. The van der Waals surface area contributed by atoms with Gasteiger partial charge in [0.15, 0.2) is 0 Å². The Morgan fingerprint density at radius 1 is 0.300 bits per heavy atom. The molecule has 296 valence electrons. The molecule has 0 bridgehead atoms. The molecule has 0 amide bonds. The van der Waals surface area contributed by atoms with E-state index in [1.54, 1.807) is 0 Å². The van der Waals surface area contributed by atoms with E-state index in [1.165, 1.54) is 0 Å². The van der Waals surface area contributed by atoms with Crippen LogP contribution in [0.25, 0.3) is 0 Å². The third kappa shape index (κ3) is 9.93. The van der Waals surface area contributed by atoms with Crippen LogP contribution in [0.2, 0.25) is 0 Å². The molecule has 50 heavy (non-hydrogen) atoms. The molecule has 5 heterocycles. The monoisotopic (exact) mass is 760 g/mol. The van der Waals surface area contributed by atoms with Crippen molar-refractivity contribution in [3.8, 4) is 0 Å². The molecule has 0 aromatic carbocycles.